The van der Waals surface area contributed by atoms with Crippen molar-refractivity contribution in [2.45, 2.75) is 39.5 Å². The first-order chi connectivity index (χ1) is 12.1. The fourth-order valence-electron chi connectivity index (χ4n) is 3.06. The van der Waals surface area contributed by atoms with Gasteiger partial charge in [-0.15, -0.1) is 10.2 Å². The van der Waals surface area contributed by atoms with Crippen LogP contribution in [0.2, 0.25) is 5.02 Å². The molecule has 0 amide bonds. The number of hydrogen-bond donors (Lipinski definition) is 0. The summed E-state index contributed by atoms with van der Waals surface area (Å²) < 4.78 is 3.51. The molecule has 0 bridgehead atoms. The van der Waals surface area contributed by atoms with Crippen molar-refractivity contribution in [3.63, 3.8) is 0 Å². The summed E-state index contributed by atoms with van der Waals surface area (Å²) in [7, 11) is 1.72. The molecule has 6 nitrogen and oxygen atoms in total. The number of aromatic nitrogens is 4. The molecular formula is C18H24ClN5O. The average molecular weight is 362 g/mol. The molecule has 0 fully saturated rings. The fourth-order valence-corrected chi connectivity index (χ4v) is 3.23. The summed E-state index contributed by atoms with van der Waals surface area (Å²) in [6.07, 6.45) is 4.42. The molecule has 0 spiro atoms. The minimum atomic E-state index is -0.113. The molecule has 0 saturated carbocycles. The van der Waals surface area contributed by atoms with Crippen LogP contribution in [0.15, 0.2) is 23.0 Å². The highest BCUT2D eigenvalue weighted by Crippen LogP contribution is 2.22. The average Bonchev–Trinajstić information content (AvgIpc) is 3.05. The third-order valence-electron chi connectivity index (χ3n) is 4.51. The number of aryl methyl sites for hydroxylation is 1. The van der Waals surface area contributed by atoms with E-state index in [1.807, 2.05) is 10.5 Å². The smallest absolute Gasteiger partial charge is 0.262 e. The van der Waals surface area contributed by atoms with Gasteiger partial charge in [-0.25, -0.2) is 4.40 Å². The largest absolute Gasteiger partial charge is 0.341 e. The summed E-state index contributed by atoms with van der Waals surface area (Å²) in [5, 5.41) is 9.84. The first-order valence-electron chi connectivity index (χ1n) is 8.86. The molecule has 1 aromatic carbocycles. The van der Waals surface area contributed by atoms with E-state index in [0.29, 0.717) is 16.2 Å². The highest BCUT2D eigenvalue weighted by molar-refractivity contribution is 6.31. The maximum absolute atomic E-state index is 12.6. The molecule has 7 heteroatoms. The lowest BCUT2D eigenvalue weighted by atomic mass is 10.2. The van der Waals surface area contributed by atoms with Crippen molar-refractivity contribution in [2.24, 2.45) is 7.05 Å². The summed E-state index contributed by atoms with van der Waals surface area (Å²) in [5.74, 6) is 1.34. The first kappa shape index (κ1) is 17.7. The zero-order valence-electron chi connectivity index (χ0n) is 15.0. The Bertz CT molecular complexity index is 938. The van der Waals surface area contributed by atoms with E-state index >= 15 is 0 Å². The molecular weight excluding hydrogens is 338 g/mol. The van der Waals surface area contributed by atoms with E-state index in [1.165, 1.54) is 4.57 Å². The molecule has 3 aromatic rings. The van der Waals surface area contributed by atoms with Crippen LogP contribution in [0.4, 0.5) is 5.95 Å². The minimum Gasteiger partial charge on any atom is -0.341 e. The summed E-state index contributed by atoms with van der Waals surface area (Å²) in [5.41, 5.74) is 0.679. The highest BCUT2D eigenvalue weighted by Gasteiger charge is 2.19. The zero-order valence-corrected chi connectivity index (χ0v) is 15.8. The van der Waals surface area contributed by atoms with Gasteiger partial charge in [0, 0.05) is 25.2 Å². The molecule has 0 saturated heterocycles. The van der Waals surface area contributed by atoms with E-state index in [1.54, 1.807) is 19.2 Å². The topological polar surface area (TPSA) is 55.4 Å². The van der Waals surface area contributed by atoms with Gasteiger partial charge in [0.15, 0.2) is 0 Å². The summed E-state index contributed by atoms with van der Waals surface area (Å²) in [6.45, 7) is 6.21. The van der Waals surface area contributed by atoms with E-state index in [9.17, 15) is 4.79 Å². The standard InChI is InChI=1S/C18H24ClN5O/c1-4-6-10-23(11-7-5-2)18-21-20-17-22(3)16(25)14-12-13(19)8-9-15(14)24(17)18/h8-9,12H,4-7,10-11H2,1-3H3. The molecule has 0 aliphatic heterocycles. The predicted molar refractivity (Wildman–Crippen MR) is 103 cm³/mol. The molecule has 25 heavy (non-hydrogen) atoms. The Morgan fingerprint density at radius 3 is 2.44 bits per heavy atom. The molecule has 0 aliphatic carbocycles. The van der Waals surface area contributed by atoms with Crippen LogP contribution in [-0.4, -0.2) is 32.3 Å². The number of hydrogen-bond acceptors (Lipinski definition) is 4. The second-order valence-corrected chi connectivity index (χ2v) is 6.79. The Balaban J connectivity index is 2.25. The highest BCUT2D eigenvalue weighted by atomic mass is 35.5. The zero-order chi connectivity index (χ0) is 18.0. The molecule has 0 atom stereocenters. The molecule has 0 N–H and O–H groups in total. The Hall–Kier alpha value is -2.08. The van der Waals surface area contributed by atoms with Gasteiger partial charge in [-0.05, 0) is 31.0 Å². The minimum absolute atomic E-state index is 0.113. The normalized spacial score (nSPS) is 11.5. The summed E-state index contributed by atoms with van der Waals surface area (Å²) >= 11 is 6.11. The Morgan fingerprint density at radius 1 is 1.12 bits per heavy atom. The molecule has 2 aromatic heterocycles. The van der Waals surface area contributed by atoms with Crippen LogP contribution in [0, 0.1) is 0 Å². The number of benzene rings is 1. The SMILES string of the molecule is CCCCN(CCCC)c1nnc2n(C)c(=O)c3cc(Cl)ccc3n12. The number of anilines is 1. The Kier molecular flexibility index (Phi) is 5.27. The number of fused-ring (bicyclic) bond motifs is 3. The predicted octanol–water partition coefficient (Wildman–Crippen LogP) is 3.64. The number of halogens is 1. The lowest BCUT2D eigenvalue weighted by Crippen LogP contribution is -2.28. The molecule has 3 rings (SSSR count). The van der Waals surface area contributed by atoms with Gasteiger partial charge in [-0.1, -0.05) is 38.3 Å². The Morgan fingerprint density at radius 2 is 1.80 bits per heavy atom. The maximum atomic E-state index is 12.6. The van der Waals surface area contributed by atoms with Crippen molar-refractivity contribution >= 4 is 34.2 Å². The quantitative estimate of drug-likeness (QED) is 0.644. The van der Waals surface area contributed by atoms with Gasteiger partial charge in [-0.2, -0.15) is 0 Å². The van der Waals surface area contributed by atoms with E-state index < -0.39 is 0 Å². The van der Waals surface area contributed by atoms with Crippen LogP contribution in [0.1, 0.15) is 39.5 Å². The lowest BCUT2D eigenvalue weighted by Gasteiger charge is -2.22. The van der Waals surface area contributed by atoms with Crippen molar-refractivity contribution in [1.29, 1.82) is 0 Å². The van der Waals surface area contributed by atoms with Crippen LogP contribution in [0.25, 0.3) is 16.7 Å². The number of nitrogens with zero attached hydrogens (tertiary/aromatic N) is 5. The van der Waals surface area contributed by atoms with Crippen molar-refractivity contribution in [1.82, 2.24) is 19.2 Å². The molecule has 0 unspecified atom stereocenters. The van der Waals surface area contributed by atoms with Crippen LogP contribution >= 0.6 is 11.6 Å². The van der Waals surface area contributed by atoms with Crippen molar-refractivity contribution in [3.05, 3.63) is 33.6 Å². The van der Waals surface area contributed by atoms with E-state index in [4.69, 9.17) is 11.6 Å². The van der Waals surface area contributed by atoms with Crippen LogP contribution in [0.3, 0.4) is 0 Å². The second-order valence-electron chi connectivity index (χ2n) is 6.36. The summed E-state index contributed by atoms with van der Waals surface area (Å²) in [4.78, 5) is 14.9. The van der Waals surface area contributed by atoms with E-state index in [-0.39, 0.29) is 5.56 Å². The summed E-state index contributed by atoms with van der Waals surface area (Å²) in [6, 6.07) is 5.39. The second kappa shape index (κ2) is 7.44. The van der Waals surface area contributed by atoms with Gasteiger partial charge in [-0.3, -0.25) is 9.36 Å². The fraction of sp³-hybridized carbons (Fsp3) is 0.500. The lowest BCUT2D eigenvalue weighted by molar-refractivity contribution is 0.661. The van der Waals surface area contributed by atoms with Gasteiger partial charge in [0.25, 0.3) is 5.56 Å². The van der Waals surface area contributed by atoms with Crippen LogP contribution < -0.4 is 10.5 Å². The number of unbranched alkanes of at least 4 members (excludes halogenated alkanes) is 2. The van der Waals surface area contributed by atoms with Gasteiger partial charge in [0.1, 0.15) is 0 Å². The first-order valence-corrected chi connectivity index (χ1v) is 9.24. The molecule has 0 aliphatic rings. The van der Waals surface area contributed by atoms with Crippen molar-refractivity contribution in [2.75, 3.05) is 18.0 Å². The third-order valence-corrected chi connectivity index (χ3v) is 4.74. The van der Waals surface area contributed by atoms with Gasteiger partial charge in [0.2, 0.25) is 11.7 Å². The molecule has 0 radical (unpaired) electrons. The molecule has 134 valence electrons. The van der Waals surface area contributed by atoms with Crippen LogP contribution in [-0.2, 0) is 7.05 Å². The van der Waals surface area contributed by atoms with Gasteiger partial charge < -0.3 is 4.90 Å². The van der Waals surface area contributed by atoms with Gasteiger partial charge in [0.05, 0.1) is 10.9 Å². The van der Waals surface area contributed by atoms with E-state index in [0.717, 1.165) is 50.2 Å². The molecule has 2 heterocycles. The van der Waals surface area contributed by atoms with E-state index in [2.05, 4.69) is 28.9 Å². The maximum Gasteiger partial charge on any atom is 0.262 e. The van der Waals surface area contributed by atoms with Gasteiger partial charge >= 0.3 is 0 Å². The van der Waals surface area contributed by atoms with Crippen molar-refractivity contribution in [3.8, 4) is 0 Å². The Labute approximate surface area is 152 Å². The third kappa shape index (κ3) is 3.23. The van der Waals surface area contributed by atoms with Crippen molar-refractivity contribution < 1.29 is 0 Å². The monoisotopic (exact) mass is 361 g/mol. The number of rotatable bonds is 7. The van der Waals surface area contributed by atoms with Crippen LogP contribution in [0.5, 0.6) is 0 Å².